The van der Waals surface area contributed by atoms with Crippen LogP contribution in [0.5, 0.6) is 0 Å². The molecule has 4 nitrogen and oxygen atoms in total. The van der Waals surface area contributed by atoms with E-state index in [0.717, 1.165) is 16.9 Å². The first-order chi connectivity index (χ1) is 8.55. The maximum absolute atomic E-state index is 12.2. The molecule has 1 aromatic heterocycles. The van der Waals surface area contributed by atoms with E-state index in [0.29, 0.717) is 4.88 Å². The summed E-state index contributed by atoms with van der Waals surface area (Å²) in [6.07, 6.45) is -5.62. The molecule has 1 aromatic rings. The van der Waals surface area contributed by atoms with E-state index in [4.69, 9.17) is 5.73 Å². The number of hydrogen-bond acceptors (Lipinski definition) is 4. The van der Waals surface area contributed by atoms with Gasteiger partial charge in [0.25, 0.3) is 0 Å². The minimum Gasteiger partial charge on any atom is -0.326 e. The van der Waals surface area contributed by atoms with Gasteiger partial charge in [0.2, 0.25) is 10.0 Å². The summed E-state index contributed by atoms with van der Waals surface area (Å²) in [7, 11) is -3.93. The third-order valence-corrected chi connectivity index (χ3v) is 5.66. The Morgan fingerprint density at radius 1 is 1.47 bits per heavy atom. The maximum atomic E-state index is 12.2. The van der Waals surface area contributed by atoms with Crippen LogP contribution in [0, 0.1) is 6.92 Å². The fraction of sp³-hybridized carbons (Fsp3) is 0.600. The predicted molar refractivity (Wildman–Crippen MR) is 67.4 cm³/mol. The molecule has 0 aromatic carbocycles. The van der Waals surface area contributed by atoms with E-state index in [1.807, 2.05) is 4.72 Å². The SMILES string of the molecule is Cc1cc(S(=O)(=O)NC(C)CC(F)(F)F)sc1CN. The average molecular weight is 316 g/mol. The maximum Gasteiger partial charge on any atom is 0.390 e. The molecule has 1 unspecified atom stereocenters. The molecule has 110 valence electrons. The fourth-order valence-electron chi connectivity index (χ4n) is 1.54. The molecule has 0 radical (unpaired) electrons. The zero-order valence-corrected chi connectivity index (χ0v) is 12.0. The Morgan fingerprint density at radius 3 is 2.47 bits per heavy atom. The van der Waals surface area contributed by atoms with Crippen LogP contribution in [0.2, 0.25) is 0 Å². The first kappa shape index (κ1) is 16.4. The molecule has 0 saturated heterocycles. The highest BCUT2D eigenvalue weighted by Crippen LogP contribution is 2.27. The smallest absolute Gasteiger partial charge is 0.326 e. The lowest BCUT2D eigenvalue weighted by molar-refractivity contribution is -0.137. The lowest BCUT2D eigenvalue weighted by Crippen LogP contribution is -2.35. The molecule has 9 heteroatoms. The molecule has 0 aliphatic carbocycles. The lowest BCUT2D eigenvalue weighted by Gasteiger charge is -2.15. The largest absolute Gasteiger partial charge is 0.390 e. The molecule has 3 N–H and O–H groups in total. The van der Waals surface area contributed by atoms with Gasteiger partial charge in [0.1, 0.15) is 4.21 Å². The Balaban J connectivity index is 2.86. The number of nitrogens with two attached hydrogens (primary N) is 1. The first-order valence-corrected chi connectivity index (χ1v) is 7.73. The predicted octanol–water partition coefficient (Wildman–Crippen LogP) is 2.13. The Kier molecular flexibility index (Phi) is 4.99. The van der Waals surface area contributed by atoms with Gasteiger partial charge in [-0.25, -0.2) is 13.1 Å². The third kappa shape index (κ3) is 4.75. The number of halogens is 3. The zero-order chi connectivity index (χ0) is 14.8. The van der Waals surface area contributed by atoms with Crippen LogP contribution in [0.15, 0.2) is 10.3 Å². The van der Waals surface area contributed by atoms with Crippen molar-refractivity contribution in [2.24, 2.45) is 5.73 Å². The van der Waals surface area contributed by atoms with Crippen LogP contribution in [0.25, 0.3) is 0 Å². The van der Waals surface area contributed by atoms with E-state index in [2.05, 4.69) is 0 Å². The second-order valence-corrected chi connectivity index (χ2v) is 7.29. The van der Waals surface area contributed by atoms with E-state index in [9.17, 15) is 21.6 Å². The van der Waals surface area contributed by atoms with Gasteiger partial charge in [-0.2, -0.15) is 13.2 Å². The number of sulfonamides is 1. The van der Waals surface area contributed by atoms with Crippen molar-refractivity contribution in [3.63, 3.8) is 0 Å². The minimum atomic E-state index is -4.41. The highest BCUT2D eigenvalue weighted by molar-refractivity contribution is 7.91. The van der Waals surface area contributed by atoms with Gasteiger partial charge in [-0.05, 0) is 25.5 Å². The van der Waals surface area contributed by atoms with Gasteiger partial charge >= 0.3 is 6.18 Å². The second kappa shape index (κ2) is 5.78. The van der Waals surface area contributed by atoms with Crippen molar-refractivity contribution < 1.29 is 21.6 Å². The Morgan fingerprint density at radius 2 is 2.05 bits per heavy atom. The number of nitrogens with one attached hydrogen (secondary N) is 1. The molecule has 0 amide bonds. The summed E-state index contributed by atoms with van der Waals surface area (Å²) in [6.45, 7) is 3.08. The van der Waals surface area contributed by atoms with E-state index >= 15 is 0 Å². The molecular weight excluding hydrogens is 301 g/mol. The van der Waals surface area contributed by atoms with Crippen molar-refractivity contribution in [1.29, 1.82) is 0 Å². The van der Waals surface area contributed by atoms with Crippen LogP contribution in [0.3, 0.4) is 0 Å². The number of hydrogen-bond donors (Lipinski definition) is 2. The van der Waals surface area contributed by atoms with Crippen LogP contribution < -0.4 is 10.5 Å². The van der Waals surface area contributed by atoms with E-state index in [1.165, 1.54) is 13.0 Å². The van der Waals surface area contributed by atoms with Crippen LogP contribution >= 0.6 is 11.3 Å². The number of aryl methyl sites for hydroxylation is 1. The first-order valence-electron chi connectivity index (χ1n) is 5.43. The van der Waals surface area contributed by atoms with Crippen LogP contribution in [-0.4, -0.2) is 20.6 Å². The van der Waals surface area contributed by atoms with Crippen molar-refractivity contribution in [2.45, 2.75) is 43.2 Å². The highest BCUT2D eigenvalue weighted by atomic mass is 32.2. The van der Waals surface area contributed by atoms with Gasteiger partial charge in [0.15, 0.2) is 0 Å². The second-order valence-electron chi connectivity index (χ2n) is 4.22. The van der Waals surface area contributed by atoms with Crippen LogP contribution in [-0.2, 0) is 16.6 Å². The van der Waals surface area contributed by atoms with Gasteiger partial charge in [-0.1, -0.05) is 0 Å². The summed E-state index contributed by atoms with van der Waals surface area (Å²) in [5, 5.41) is 0. The minimum absolute atomic E-state index is 0.0144. The van der Waals surface area contributed by atoms with Crippen LogP contribution in [0.4, 0.5) is 13.2 Å². The zero-order valence-electron chi connectivity index (χ0n) is 10.4. The van der Waals surface area contributed by atoms with Crippen molar-refractivity contribution in [1.82, 2.24) is 4.72 Å². The van der Waals surface area contributed by atoms with Gasteiger partial charge in [0, 0.05) is 17.5 Å². The molecule has 0 saturated carbocycles. The molecule has 1 atom stereocenters. The number of thiophene rings is 1. The van der Waals surface area contributed by atoms with Crippen molar-refractivity contribution in [2.75, 3.05) is 0 Å². The molecule has 1 heterocycles. The molecule has 0 aliphatic rings. The highest BCUT2D eigenvalue weighted by Gasteiger charge is 2.32. The van der Waals surface area contributed by atoms with Crippen molar-refractivity contribution >= 4 is 21.4 Å². The van der Waals surface area contributed by atoms with Gasteiger partial charge in [-0.15, -0.1) is 11.3 Å². The summed E-state index contributed by atoms with van der Waals surface area (Å²) >= 11 is 0.970. The average Bonchev–Trinajstić information content (AvgIpc) is 2.56. The fourth-order valence-corrected chi connectivity index (χ4v) is 4.26. The van der Waals surface area contributed by atoms with Crippen molar-refractivity contribution in [3.05, 3.63) is 16.5 Å². The Labute approximate surface area is 113 Å². The quantitative estimate of drug-likeness (QED) is 0.874. The molecule has 1 rings (SSSR count). The summed E-state index contributed by atoms with van der Waals surface area (Å²) in [6, 6.07) is 0.198. The summed E-state index contributed by atoms with van der Waals surface area (Å²) in [4.78, 5) is 0.698. The van der Waals surface area contributed by atoms with Gasteiger partial charge in [-0.3, -0.25) is 0 Å². The molecule has 0 aliphatic heterocycles. The van der Waals surface area contributed by atoms with Gasteiger partial charge in [0.05, 0.1) is 6.42 Å². The standard InChI is InChI=1S/C10H15F3N2O2S2/c1-6-3-9(18-8(6)5-14)19(16,17)15-7(2)4-10(11,12)13/h3,7,15H,4-5,14H2,1-2H3. The molecule has 0 fully saturated rings. The van der Waals surface area contributed by atoms with Crippen LogP contribution in [0.1, 0.15) is 23.8 Å². The lowest BCUT2D eigenvalue weighted by atomic mass is 10.2. The summed E-state index contributed by atoms with van der Waals surface area (Å²) in [5.74, 6) is 0. The summed E-state index contributed by atoms with van der Waals surface area (Å²) in [5.41, 5.74) is 6.16. The summed E-state index contributed by atoms with van der Waals surface area (Å²) < 4.78 is 62.3. The Hall–Kier alpha value is -0.640. The monoisotopic (exact) mass is 316 g/mol. The normalized spacial score (nSPS) is 14.6. The number of alkyl halides is 3. The topological polar surface area (TPSA) is 72.2 Å². The molecule has 0 spiro atoms. The Bertz CT molecular complexity index is 537. The van der Waals surface area contributed by atoms with E-state index < -0.39 is 28.7 Å². The number of rotatable bonds is 5. The molecular formula is C10H15F3N2O2S2. The molecule has 0 bridgehead atoms. The van der Waals surface area contributed by atoms with Crippen molar-refractivity contribution in [3.8, 4) is 0 Å². The van der Waals surface area contributed by atoms with Gasteiger partial charge < -0.3 is 5.73 Å². The van der Waals surface area contributed by atoms with E-state index in [-0.39, 0.29) is 10.8 Å². The third-order valence-electron chi connectivity index (χ3n) is 2.34. The molecule has 19 heavy (non-hydrogen) atoms. The van der Waals surface area contributed by atoms with E-state index in [1.54, 1.807) is 6.92 Å².